The van der Waals surface area contributed by atoms with Crippen LogP contribution in [0, 0.1) is 0 Å². The predicted molar refractivity (Wildman–Crippen MR) is 49.3 cm³/mol. The fraction of sp³-hybridized carbons (Fsp3) is 0.364. The average molecular weight is 176 g/mol. The van der Waals surface area contributed by atoms with Crippen molar-refractivity contribution in [1.82, 2.24) is 0 Å². The number of cyclic esters (lactones) is 1. The second-order valence-electron chi connectivity index (χ2n) is 3.27. The highest BCUT2D eigenvalue weighted by molar-refractivity contribution is 5.80. The van der Waals surface area contributed by atoms with E-state index in [0.717, 1.165) is 17.5 Å². The van der Waals surface area contributed by atoms with Crippen LogP contribution < -0.4 is 0 Å². The average Bonchev–Trinajstić information content (AvgIpc) is 2.18. The van der Waals surface area contributed by atoms with E-state index in [1.54, 1.807) is 0 Å². The molecular weight excluding hydrogens is 164 g/mol. The Morgan fingerprint density at radius 3 is 3.00 bits per heavy atom. The molecule has 0 aliphatic carbocycles. The standard InChI is InChI=1S/C11H12O2/c1-2-9-10-6-4-3-5-8(10)7-13-11(9)12/h3-6,9H,2,7H2,1H3. The molecule has 1 atom stereocenters. The van der Waals surface area contributed by atoms with Crippen LogP contribution in [0.25, 0.3) is 0 Å². The summed E-state index contributed by atoms with van der Waals surface area (Å²) in [5, 5.41) is 0. The van der Waals surface area contributed by atoms with E-state index in [1.807, 2.05) is 31.2 Å². The van der Waals surface area contributed by atoms with Crippen LogP contribution in [-0.4, -0.2) is 5.97 Å². The van der Waals surface area contributed by atoms with Crippen LogP contribution >= 0.6 is 0 Å². The Kier molecular flexibility index (Phi) is 2.05. The second-order valence-corrected chi connectivity index (χ2v) is 3.27. The number of ether oxygens (including phenoxy) is 1. The lowest BCUT2D eigenvalue weighted by Gasteiger charge is -2.23. The Labute approximate surface area is 77.5 Å². The number of esters is 1. The molecule has 13 heavy (non-hydrogen) atoms. The van der Waals surface area contributed by atoms with Crippen LogP contribution in [0.15, 0.2) is 24.3 Å². The summed E-state index contributed by atoms with van der Waals surface area (Å²) in [6, 6.07) is 7.99. The first-order chi connectivity index (χ1) is 6.33. The smallest absolute Gasteiger partial charge is 0.313 e. The molecule has 2 heteroatoms. The molecule has 2 nitrogen and oxygen atoms in total. The molecule has 0 saturated carbocycles. The van der Waals surface area contributed by atoms with Crippen molar-refractivity contribution in [2.75, 3.05) is 0 Å². The third-order valence-corrected chi connectivity index (χ3v) is 2.49. The monoisotopic (exact) mass is 176 g/mol. The third kappa shape index (κ3) is 1.32. The lowest BCUT2D eigenvalue weighted by Crippen LogP contribution is -2.22. The van der Waals surface area contributed by atoms with E-state index in [-0.39, 0.29) is 11.9 Å². The molecule has 0 spiro atoms. The zero-order chi connectivity index (χ0) is 9.26. The summed E-state index contributed by atoms with van der Waals surface area (Å²) in [5.41, 5.74) is 2.29. The molecule has 0 fully saturated rings. The maximum atomic E-state index is 11.4. The van der Waals surface area contributed by atoms with Gasteiger partial charge < -0.3 is 4.74 Å². The minimum atomic E-state index is -0.0822. The number of hydrogen-bond donors (Lipinski definition) is 0. The first kappa shape index (κ1) is 8.30. The lowest BCUT2D eigenvalue weighted by atomic mass is 9.91. The van der Waals surface area contributed by atoms with Crippen LogP contribution in [0.4, 0.5) is 0 Å². The van der Waals surface area contributed by atoms with Crippen molar-refractivity contribution in [3.8, 4) is 0 Å². The Hall–Kier alpha value is -1.31. The van der Waals surface area contributed by atoms with Crippen molar-refractivity contribution in [2.45, 2.75) is 25.9 Å². The number of fused-ring (bicyclic) bond motifs is 1. The summed E-state index contributed by atoms with van der Waals surface area (Å²) in [6.07, 6.45) is 0.815. The van der Waals surface area contributed by atoms with Crippen molar-refractivity contribution in [3.05, 3.63) is 35.4 Å². The van der Waals surface area contributed by atoms with Crippen LogP contribution in [0.2, 0.25) is 0 Å². The summed E-state index contributed by atoms with van der Waals surface area (Å²) in [4.78, 5) is 11.4. The van der Waals surface area contributed by atoms with Gasteiger partial charge in [0, 0.05) is 0 Å². The summed E-state index contributed by atoms with van der Waals surface area (Å²) in [7, 11) is 0. The highest BCUT2D eigenvalue weighted by Crippen LogP contribution is 2.29. The second kappa shape index (κ2) is 3.21. The molecule has 0 N–H and O–H groups in total. The molecular formula is C11H12O2. The van der Waals surface area contributed by atoms with E-state index in [9.17, 15) is 4.79 Å². The zero-order valence-corrected chi connectivity index (χ0v) is 7.62. The van der Waals surface area contributed by atoms with Gasteiger partial charge in [-0.3, -0.25) is 4.79 Å². The first-order valence-corrected chi connectivity index (χ1v) is 4.57. The van der Waals surface area contributed by atoms with Crippen molar-refractivity contribution < 1.29 is 9.53 Å². The molecule has 1 unspecified atom stereocenters. The molecule has 1 aromatic rings. The molecule has 0 amide bonds. The molecule has 0 aromatic heterocycles. The highest BCUT2D eigenvalue weighted by Gasteiger charge is 2.26. The number of benzene rings is 1. The first-order valence-electron chi connectivity index (χ1n) is 4.57. The fourth-order valence-corrected chi connectivity index (χ4v) is 1.77. The van der Waals surface area contributed by atoms with E-state index in [0.29, 0.717) is 6.61 Å². The molecule has 1 aliphatic rings. The molecule has 2 rings (SSSR count). The third-order valence-electron chi connectivity index (χ3n) is 2.49. The lowest BCUT2D eigenvalue weighted by molar-refractivity contribution is -0.148. The van der Waals surface area contributed by atoms with Crippen molar-refractivity contribution in [3.63, 3.8) is 0 Å². The van der Waals surface area contributed by atoms with Crippen LogP contribution in [0.5, 0.6) is 0 Å². The van der Waals surface area contributed by atoms with Gasteiger partial charge in [-0.05, 0) is 17.5 Å². The maximum absolute atomic E-state index is 11.4. The normalized spacial score (nSPS) is 20.7. The number of carbonyl (C=O) groups excluding carboxylic acids is 1. The van der Waals surface area contributed by atoms with E-state index in [1.165, 1.54) is 0 Å². The maximum Gasteiger partial charge on any atom is 0.313 e. The largest absolute Gasteiger partial charge is 0.460 e. The zero-order valence-electron chi connectivity index (χ0n) is 7.62. The van der Waals surface area contributed by atoms with Gasteiger partial charge >= 0.3 is 5.97 Å². The van der Waals surface area contributed by atoms with E-state index in [4.69, 9.17) is 4.74 Å². The highest BCUT2D eigenvalue weighted by atomic mass is 16.5. The van der Waals surface area contributed by atoms with E-state index in [2.05, 4.69) is 0 Å². The summed E-state index contributed by atoms with van der Waals surface area (Å²) in [5.74, 6) is -0.133. The number of carbonyl (C=O) groups is 1. The van der Waals surface area contributed by atoms with Crippen molar-refractivity contribution in [2.24, 2.45) is 0 Å². The van der Waals surface area contributed by atoms with Gasteiger partial charge in [-0.25, -0.2) is 0 Å². The Morgan fingerprint density at radius 2 is 2.23 bits per heavy atom. The number of rotatable bonds is 1. The summed E-state index contributed by atoms with van der Waals surface area (Å²) < 4.78 is 5.07. The van der Waals surface area contributed by atoms with Gasteiger partial charge in [-0.1, -0.05) is 31.2 Å². The van der Waals surface area contributed by atoms with Crippen molar-refractivity contribution >= 4 is 5.97 Å². The van der Waals surface area contributed by atoms with Gasteiger partial charge in [0.25, 0.3) is 0 Å². The molecule has 0 bridgehead atoms. The Morgan fingerprint density at radius 1 is 1.46 bits per heavy atom. The molecule has 1 aromatic carbocycles. The van der Waals surface area contributed by atoms with Gasteiger partial charge in [0.15, 0.2) is 0 Å². The van der Waals surface area contributed by atoms with Gasteiger partial charge in [0.1, 0.15) is 6.61 Å². The molecule has 0 saturated heterocycles. The minimum absolute atomic E-state index is 0.0510. The van der Waals surface area contributed by atoms with Gasteiger partial charge in [-0.2, -0.15) is 0 Å². The predicted octanol–water partition coefficient (Wildman–Crippen LogP) is 2.24. The topological polar surface area (TPSA) is 26.3 Å². The van der Waals surface area contributed by atoms with Crippen LogP contribution in [-0.2, 0) is 16.1 Å². The fourth-order valence-electron chi connectivity index (χ4n) is 1.77. The van der Waals surface area contributed by atoms with E-state index >= 15 is 0 Å². The van der Waals surface area contributed by atoms with Crippen LogP contribution in [0.3, 0.4) is 0 Å². The van der Waals surface area contributed by atoms with Gasteiger partial charge in [0.05, 0.1) is 5.92 Å². The number of hydrogen-bond acceptors (Lipinski definition) is 2. The molecule has 1 heterocycles. The Bertz CT molecular complexity index is 331. The Balaban J connectivity index is 2.45. The minimum Gasteiger partial charge on any atom is -0.460 e. The molecule has 1 aliphatic heterocycles. The quantitative estimate of drug-likeness (QED) is 0.613. The molecule has 68 valence electrons. The summed E-state index contributed by atoms with van der Waals surface area (Å²) >= 11 is 0. The summed E-state index contributed by atoms with van der Waals surface area (Å²) in [6.45, 7) is 2.44. The SMILES string of the molecule is CCC1C(=O)OCc2ccccc21. The van der Waals surface area contributed by atoms with Gasteiger partial charge in [0.2, 0.25) is 0 Å². The van der Waals surface area contributed by atoms with E-state index < -0.39 is 0 Å². The molecule has 0 radical (unpaired) electrons. The van der Waals surface area contributed by atoms with Crippen LogP contribution in [0.1, 0.15) is 30.4 Å². The van der Waals surface area contributed by atoms with Gasteiger partial charge in [-0.15, -0.1) is 0 Å². The van der Waals surface area contributed by atoms with Crippen molar-refractivity contribution in [1.29, 1.82) is 0 Å².